The van der Waals surface area contributed by atoms with Crippen LogP contribution in [-0.2, 0) is 9.53 Å². The second-order valence-electron chi connectivity index (χ2n) is 4.42. The van der Waals surface area contributed by atoms with Crippen LogP contribution >= 0.6 is 0 Å². The summed E-state index contributed by atoms with van der Waals surface area (Å²) in [6.45, 7) is 2.27. The molecule has 1 aliphatic rings. The minimum Gasteiger partial charge on any atom is -0.466 e. The van der Waals surface area contributed by atoms with Crippen LogP contribution in [0.1, 0.15) is 0 Å². The molecule has 0 aromatic carbocycles. The van der Waals surface area contributed by atoms with E-state index in [2.05, 4.69) is 11.3 Å². The lowest BCUT2D eigenvalue weighted by atomic mass is 9.71. The predicted molar refractivity (Wildman–Crippen MR) is 49.4 cm³/mol. The van der Waals surface area contributed by atoms with Crippen LogP contribution in [0, 0.1) is 5.92 Å². The van der Waals surface area contributed by atoms with Crippen LogP contribution in [0.5, 0.6) is 0 Å². The maximum Gasteiger partial charge on any atom is 0.384 e. The van der Waals surface area contributed by atoms with E-state index in [-0.39, 0.29) is 0 Å². The number of hydrogen-bond donors (Lipinski definition) is 0. The molecule has 0 aromatic rings. The summed E-state index contributed by atoms with van der Waals surface area (Å²) >= 11 is 0. The van der Waals surface area contributed by atoms with Crippen molar-refractivity contribution in [1.82, 2.24) is 0 Å². The number of methoxy groups -OCH3 is 1. The standard InChI is InChI=1S/C10H6F10O2/c1-3(5(21)22-2)4-6(11,12)8(15,16)10(19,20)9(17,18)7(4,13)14/h4H,1H2,2H3. The van der Waals surface area contributed by atoms with E-state index < -0.39 is 47.1 Å². The van der Waals surface area contributed by atoms with Crippen molar-refractivity contribution in [3.63, 3.8) is 0 Å². The van der Waals surface area contributed by atoms with Crippen molar-refractivity contribution in [3.05, 3.63) is 12.2 Å². The molecule has 12 heteroatoms. The number of carbonyl (C=O) groups is 1. The summed E-state index contributed by atoms with van der Waals surface area (Å²) in [5.74, 6) is -40.3. The molecule has 1 saturated carbocycles. The highest BCUT2D eigenvalue weighted by molar-refractivity contribution is 5.88. The third-order valence-corrected chi connectivity index (χ3v) is 3.15. The molecular weight excluding hydrogens is 342 g/mol. The van der Waals surface area contributed by atoms with Crippen molar-refractivity contribution >= 4 is 5.97 Å². The minimum absolute atomic E-state index is 0.428. The normalized spacial score (nSPS) is 28.0. The Bertz CT molecular complexity index is 480. The van der Waals surface area contributed by atoms with Crippen LogP contribution in [0.4, 0.5) is 43.9 Å². The summed E-state index contributed by atoms with van der Waals surface area (Å²) in [5, 5.41) is 0. The largest absolute Gasteiger partial charge is 0.466 e. The fourth-order valence-corrected chi connectivity index (χ4v) is 1.89. The Morgan fingerprint density at radius 3 is 1.41 bits per heavy atom. The predicted octanol–water partition coefficient (Wildman–Crippen LogP) is 3.52. The van der Waals surface area contributed by atoms with Gasteiger partial charge in [0.1, 0.15) is 5.92 Å². The molecule has 22 heavy (non-hydrogen) atoms. The summed E-state index contributed by atoms with van der Waals surface area (Å²) in [4.78, 5) is 10.9. The van der Waals surface area contributed by atoms with Crippen LogP contribution < -0.4 is 0 Å². The fraction of sp³-hybridized carbons (Fsp3) is 0.700. The van der Waals surface area contributed by atoms with Gasteiger partial charge in [-0.05, 0) is 0 Å². The Morgan fingerprint density at radius 1 is 0.818 bits per heavy atom. The Morgan fingerprint density at radius 2 is 1.14 bits per heavy atom. The first kappa shape index (κ1) is 18.6. The van der Waals surface area contributed by atoms with Gasteiger partial charge in [-0.15, -0.1) is 0 Å². The van der Waals surface area contributed by atoms with Gasteiger partial charge in [-0.25, -0.2) is 4.79 Å². The molecule has 0 aromatic heterocycles. The lowest BCUT2D eigenvalue weighted by molar-refractivity contribution is -0.458. The number of ether oxygens (including phenoxy) is 1. The number of alkyl halides is 10. The van der Waals surface area contributed by atoms with E-state index in [9.17, 15) is 48.7 Å². The summed E-state index contributed by atoms with van der Waals surface area (Å²) in [5.41, 5.74) is -2.19. The van der Waals surface area contributed by atoms with Crippen molar-refractivity contribution in [2.75, 3.05) is 7.11 Å². The molecular formula is C10H6F10O2. The summed E-state index contributed by atoms with van der Waals surface area (Å²) in [6.07, 6.45) is 0. The monoisotopic (exact) mass is 348 g/mol. The number of carbonyl (C=O) groups excluding carboxylic acids is 1. The van der Waals surface area contributed by atoms with Crippen LogP contribution in [0.2, 0.25) is 0 Å². The molecule has 0 N–H and O–H groups in total. The Kier molecular flexibility index (Phi) is 3.80. The molecule has 0 heterocycles. The topological polar surface area (TPSA) is 26.3 Å². The van der Waals surface area contributed by atoms with E-state index in [1.165, 1.54) is 0 Å². The highest BCUT2D eigenvalue weighted by atomic mass is 19.4. The highest BCUT2D eigenvalue weighted by Gasteiger charge is 2.95. The minimum atomic E-state index is -7.07. The van der Waals surface area contributed by atoms with Gasteiger partial charge in [0.05, 0.1) is 7.11 Å². The molecule has 0 atom stereocenters. The fourth-order valence-electron chi connectivity index (χ4n) is 1.89. The van der Waals surface area contributed by atoms with E-state index in [4.69, 9.17) is 0 Å². The molecule has 0 spiro atoms. The van der Waals surface area contributed by atoms with E-state index in [0.717, 1.165) is 0 Å². The zero-order valence-corrected chi connectivity index (χ0v) is 10.4. The first-order valence-electron chi connectivity index (χ1n) is 5.18. The van der Waals surface area contributed by atoms with E-state index in [0.29, 0.717) is 7.11 Å². The quantitative estimate of drug-likeness (QED) is 0.434. The van der Waals surface area contributed by atoms with Gasteiger partial charge < -0.3 is 4.74 Å². The van der Waals surface area contributed by atoms with E-state index >= 15 is 0 Å². The molecule has 128 valence electrons. The van der Waals surface area contributed by atoms with Gasteiger partial charge in [0.2, 0.25) is 0 Å². The molecule has 1 rings (SSSR count). The summed E-state index contributed by atoms with van der Waals surface area (Å²) in [7, 11) is 0.428. The van der Waals surface area contributed by atoms with Gasteiger partial charge in [0, 0.05) is 5.57 Å². The Balaban J connectivity index is 3.70. The number of halogens is 10. The second kappa shape index (κ2) is 4.51. The average Bonchev–Trinajstić information content (AvgIpc) is 2.34. The van der Waals surface area contributed by atoms with Crippen molar-refractivity contribution in [2.45, 2.75) is 29.6 Å². The lowest BCUT2D eigenvalue weighted by Gasteiger charge is -2.49. The highest BCUT2D eigenvalue weighted by Crippen LogP contribution is 2.67. The maximum absolute atomic E-state index is 13.4. The first-order chi connectivity index (χ1) is 9.51. The SMILES string of the molecule is C=C(C(=O)OC)C1C(F)(F)C(F)(F)C(F)(F)C(F)(F)C1(F)F. The smallest absolute Gasteiger partial charge is 0.384 e. The van der Waals surface area contributed by atoms with E-state index in [1.54, 1.807) is 0 Å². The average molecular weight is 348 g/mol. The molecule has 0 bridgehead atoms. The number of esters is 1. The van der Waals surface area contributed by atoms with Crippen LogP contribution in [0.25, 0.3) is 0 Å². The molecule has 0 radical (unpaired) electrons. The van der Waals surface area contributed by atoms with Crippen molar-refractivity contribution in [2.24, 2.45) is 5.92 Å². The zero-order valence-electron chi connectivity index (χ0n) is 10.4. The molecule has 2 nitrogen and oxygen atoms in total. The van der Waals surface area contributed by atoms with E-state index in [1.807, 2.05) is 0 Å². The van der Waals surface area contributed by atoms with Crippen molar-refractivity contribution in [3.8, 4) is 0 Å². The lowest BCUT2D eigenvalue weighted by Crippen LogP contribution is -2.78. The van der Waals surface area contributed by atoms with Crippen LogP contribution in [0.15, 0.2) is 12.2 Å². The van der Waals surface area contributed by atoms with Gasteiger partial charge in [-0.2, -0.15) is 43.9 Å². The van der Waals surface area contributed by atoms with Gasteiger partial charge in [0.25, 0.3) is 0 Å². The van der Waals surface area contributed by atoms with Crippen molar-refractivity contribution < 1.29 is 53.4 Å². The Hall–Kier alpha value is -1.49. The van der Waals surface area contributed by atoms with Crippen LogP contribution in [0.3, 0.4) is 0 Å². The summed E-state index contributed by atoms with van der Waals surface area (Å²) < 4.78 is 135. The molecule has 0 amide bonds. The zero-order chi connectivity index (χ0) is 17.9. The third kappa shape index (κ3) is 1.78. The second-order valence-corrected chi connectivity index (χ2v) is 4.42. The van der Waals surface area contributed by atoms with Crippen molar-refractivity contribution in [1.29, 1.82) is 0 Å². The van der Waals surface area contributed by atoms with Gasteiger partial charge in [-0.3, -0.25) is 0 Å². The van der Waals surface area contributed by atoms with Gasteiger partial charge >= 0.3 is 35.6 Å². The molecule has 0 unspecified atom stereocenters. The molecule has 0 saturated heterocycles. The van der Waals surface area contributed by atoms with Gasteiger partial charge in [-0.1, -0.05) is 6.58 Å². The third-order valence-electron chi connectivity index (χ3n) is 3.15. The van der Waals surface area contributed by atoms with Gasteiger partial charge in [0.15, 0.2) is 0 Å². The molecule has 1 fully saturated rings. The van der Waals surface area contributed by atoms with Crippen LogP contribution in [-0.4, -0.2) is 42.7 Å². The number of rotatable bonds is 2. The Labute approximate surface area is 115 Å². The molecule has 1 aliphatic carbocycles. The maximum atomic E-state index is 13.4. The summed E-state index contributed by atoms with van der Waals surface area (Å²) in [6, 6.07) is 0. The molecule has 0 aliphatic heterocycles. The first-order valence-corrected chi connectivity index (χ1v) is 5.18. The number of hydrogen-bond acceptors (Lipinski definition) is 2.